The highest BCUT2D eigenvalue weighted by atomic mass is 16.3. The van der Waals surface area contributed by atoms with E-state index in [1.807, 2.05) is 6.08 Å². The molecule has 0 aliphatic carbocycles. The van der Waals surface area contributed by atoms with Gasteiger partial charge in [-0.05, 0) is 44.9 Å². The standard InChI is InChI=1S/C38H71NO4/c1-3-5-7-9-11-13-14-15-16-17-18-19-20-21-22-24-25-27-29-31-35(41)33-38(43)39-36(34-40)37(42)32-30-28-26-23-12-10-8-6-4-2/h5,7,11,13,30,32,35-37,40-42H,3-4,6,8-10,12,14-29,31,33-34H2,1-2H3,(H,39,43)/b7-5-,13-11-,32-30+. The number of aliphatic hydroxyl groups excluding tert-OH is 3. The summed E-state index contributed by atoms with van der Waals surface area (Å²) in [6, 6.07) is -0.740. The second-order valence-corrected chi connectivity index (χ2v) is 12.5. The first-order valence-corrected chi connectivity index (χ1v) is 18.3. The summed E-state index contributed by atoms with van der Waals surface area (Å²) in [7, 11) is 0. The number of carbonyl (C=O) groups excluding carboxylic acids is 1. The van der Waals surface area contributed by atoms with E-state index >= 15 is 0 Å². The first kappa shape index (κ1) is 41.6. The molecule has 0 saturated carbocycles. The number of nitrogens with one attached hydrogen (secondary N) is 1. The van der Waals surface area contributed by atoms with Crippen LogP contribution in [0, 0.1) is 0 Å². The van der Waals surface area contributed by atoms with Gasteiger partial charge in [0, 0.05) is 0 Å². The Bertz CT molecular complexity index is 675. The van der Waals surface area contributed by atoms with Crippen LogP contribution in [0.25, 0.3) is 0 Å². The van der Waals surface area contributed by atoms with Crippen LogP contribution in [0.4, 0.5) is 0 Å². The predicted octanol–water partition coefficient (Wildman–Crippen LogP) is 9.65. The fraction of sp³-hybridized carbons (Fsp3) is 0.816. The number of amides is 1. The minimum absolute atomic E-state index is 0.0122. The third kappa shape index (κ3) is 30.4. The number of allylic oxidation sites excluding steroid dienone is 5. The molecule has 0 aromatic heterocycles. The lowest BCUT2D eigenvalue weighted by Crippen LogP contribution is -2.45. The van der Waals surface area contributed by atoms with Gasteiger partial charge in [-0.25, -0.2) is 0 Å². The van der Waals surface area contributed by atoms with E-state index in [1.165, 1.54) is 109 Å². The van der Waals surface area contributed by atoms with Gasteiger partial charge in [-0.2, -0.15) is 0 Å². The highest BCUT2D eigenvalue weighted by Gasteiger charge is 2.20. The molecule has 43 heavy (non-hydrogen) atoms. The zero-order valence-corrected chi connectivity index (χ0v) is 28.3. The number of hydrogen-bond acceptors (Lipinski definition) is 4. The van der Waals surface area contributed by atoms with Crippen molar-refractivity contribution in [3.63, 3.8) is 0 Å². The molecule has 0 aromatic rings. The summed E-state index contributed by atoms with van der Waals surface area (Å²) >= 11 is 0. The molecule has 3 atom stereocenters. The molecule has 0 aliphatic heterocycles. The maximum atomic E-state index is 12.3. The summed E-state index contributed by atoms with van der Waals surface area (Å²) in [6.07, 6.45) is 39.9. The Labute approximate surface area is 266 Å². The number of aliphatic hydroxyl groups is 3. The molecule has 0 rings (SSSR count). The van der Waals surface area contributed by atoms with Crippen molar-refractivity contribution in [3.8, 4) is 0 Å². The average molecular weight is 606 g/mol. The van der Waals surface area contributed by atoms with Crippen LogP contribution < -0.4 is 5.32 Å². The average Bonchev–Trinajstić information content (AvgIpc) is 3.00. The SMILES string of the molecule is CC/C=C\C/C=C\CCCCCCCCCCCCCCC(O)CC(=O)NC(CO)C(O)/C=C/CCCCCCCCC. The molecule has 0 bridgehead atoms. The fourth-order valence-corrected chi connectivity index (χ4v) is 5.38. The molecule has 1 amide bonds. The van der Waals surface area contributed by atoms with Crippen molar-refractivity contribution in [1.82, 2.24) is 5.32 Å². The van der Waals surface area contributed by atoms with E-state index in [-0.39, 0.29) is 18.9 Å². The maximum Gasteiger partial charge on any atom is 0.222 e. The minimum Gasteiger partial charge on any atom is -0.394 e. The van der Waals surface area contributed by atoms with E-state index in [0.29, 0.717) is 6.42 Å². The van der Waals surface area contributed by atoms with Crippen LogP contribution in [0.5, 0.6) is 0 Å². The lowest BCUT2D eigenvalue weighted by atomic mass is 10.0. The molecule has 3 unspecified atom stereocenters. The van der Waals surface area contributed by atoms with Gasteiger partial charge in [0.2, 0.25) is 5.91 Å². The van der Waals surface area contributed by atoms with Gasteiger partial charge in [-0.15, -0.1) is 0 Å². The van der Waals surface area contributed by atoms with Gasteiger partial charge < -0.3 is 20.6 Å². The Morgan fingerprint density at radius 1 is 0.628 bits per heavy atom. The second-order valence-electron chi connectivity index (χ2n) is 12.5. The van der Waals surface area contributed by atoms with Crippen molar-refractivity contribution in [1.29, 1.82) is 0 Å². The first-order chi connectivity index (χ1) is 21.0. The predicted molar refractivity (Wildman–Crippen MR) is 185 cm³/mol. The molecule has 4 N–H and O–H groups in total. The Balaban J connectivity index is 3.66. The number of unbranched alkanes of at least 4 members (excludes halogenated alkanes) is 19. The smallest absolute Gasteiger partial charge is 0.222 e. The highest BCUT2D eigenvalue weighted by molar-refractivity contribution is 5.76. The molecular formula is C38H71NO4. The third-order valence-electron chi connectivity index (χ3n) is 8.18. The van der Waals surface area contributed by atoms with E-state index in [4.69, 9.17) is 0 Å². The molecule has 5 nitrogen and oxygen atoms in total. The minimum atomic E-state index is -0.925. The van der Waals surface area contributed by atoms with Gasteiger partial charge in [0.25, 0.3) is 0 Å². The molecule has 0 spiro atoms. The van der Waals surface area contributed by atoms with E-state index in [9.17, 15) is 20.1 Å². The van der Waals surface area contributed by atoms with Crippen molar-refractivity contribution in [2.45, 2.75) is 193 Å². The van der Waals surface area contributed by atoms with Crippen molar-refractivity contribution in [2.24, 2.45) is 0 Å². The molecule has 0 aliphatic rings. The molecule has 5 heteroatoms. The highest BCUT2D eigenvalue weighted by Crippen LogP contribution is 2.14. The van der Waals surface area contributed by atoms with E-state index in [0.717, 1.165) is 38.5 Å². The largest absolute Gasteiger partial charge is 0.394 e. The molecular weight excluding hydrogens is 534 g/mol. The van der Waals surface area contributed by atoms with E-state index in [2.05, 4.69) is 43.5 Å². The van der Waals surface area contributed by atoms with Gasteiger partial charge in [0.1, 0.15) is 0 Å². The number of rotatable bonds is 32. The van der Waals surface area contributed by atoms with Crippen molar-refractivity contribution >= 4 is 5.91 Å². The Morgan fingerprint density at radius 3 is 1.65 bits per heavy atom. The van der Waals surface area contributed by atoms with E-state index in [1.54, 1.807) is 6.08 Å². The van der Waals surface area contributed by atoms with Crippen LogP contribution in [0.2, 0.25) is 0 Å². The molecule has 0 saturated heterocycles. The van der Waals surface area contributed by atoms with Gasteiger partial charge in [-0.1, -0.05) is 159 Å². The summed E-state index contributed by atoms with van der Waals surface area (Å²) in [5.41, 5.74) is 0. The Morgan fingerprint density at radius 2 is 1.12 bits per heavy atom. The van der Waals surface area contributed by atoms with Gasteiger partial charge >= 0.3 is 0 Å². The number of carbonyl (C=O) groups is 1. The zero-order valence-electron chi connectivity index (χ0n) is 28.3. The molecule has 0 heterocycles. The summed E-state index contributed by atoms with van der Waals surface area (Å²) < 4.78 is 0. The van der Waals surface area contributed by atoms with Crippen molar-refractivity contribution < 1.29 is 20.1 Å². The topological polar surface area (TPSA) is 89.8 Å². The van der Waals surface area contributed by atoms with E-state index < -0.39 is 18.2 Å². The normalized spacial score (nSPS) is 14.3. The summed E-state index contributed by atoms with van der Waals surface area (Å²) in [5, 5.41) is 32.9. The zero-order chi connectivity index (χ0) is 31.6. The molecule has 252 valence electrons. The number of hydrogen-bond donors (Lipinski definition) is 4. The Hall–Kier alpha value is -1.43. The fourth-order valence-electron chi connectivity index (χ4n) is 5.38. The van der Waals surface area contributed by atoms with Gasteiger partial charge in [-0.3, -0.25) is 4.79 Å². The molecule has 0 radical (unpaired) electrons. The summed E-state index contributed by atoms with van der Waals surface area (Å²) in [5.74, 6) is -0.321. The third-order valence-corrected chi connectivity index (χ3v) is 8.18. The van der Waals surface area contributed by atoms with Crippen LogP contribution in [-0.4, -0.2) is 46.1 Å². The maximum absolute atomic E-state index is 12.3. The van der Waals surface area contributed by atoms with Crippen molar-refractivity contribution in [3.05, 3.63) is 36.5 Å². The Kier molecular flexibility index (Phi) is 32.3. The molecule has 0 fully saturated rings. The van der Waals surface area contributed by atoms with Crippen LogP contribution in [0.1, 0.15) is 174 Å². The van der Waals surface area contributed by atoms with Crippen molar-refractivity contribution in [2.75, 3.05) is 6.61 Å². The van der Waals surface area contributed by atoms with Crippen LogP contribution >= 0.6 is 0 Å². The second kappa shape index (κ2) is 33.5. The summed E-state index contributed by atoms with van der Waals surface area (Å²) in [6.45, 7) is 4.06. The van der Waals surface area contributed by atoms with Crippen LogP contribution in [-0.2, 0) is 4.79 Å². The summed E-state index contributed by atoms with van der Waals surface area (Å²) in [4.78, 5) is 12.3. The lowest BCUT2D eigenvalue weighted by Gasteiger charge is -2.21. The quantitative estimate of drug-likeness (QED) is 0.0454. The monoisotopic (exact) mass is 606 g/mol. The lowest BCUT2D eigenvalue weighted by molar-refractivity contribution is -0.124. The first-order valence-electron chi connectivity index (χ1n) is 18.3. The van der Waals surface area contributed by atoms with Gasteiger partial charge in [0.15, 0.2) is 0 Å². The van der Waals surface area contributed by atoms with Crippen LogP contribution in [0.3, 0.4) is 0 Å². The van der Waals surface area contributed by atoms with Crippen LogP contribution in [0.15, 0.2) is 36.5 Å². The van der Waals surface area contributed by atoms with Gasteiger partial charge in [0.05, 0.1) is 31.3 Å². The molecule has 0 aromatic carbocycles.